The molecule has 0 radical (unpaired) electrons. The van der Waals surface area contributed by atoms with E-state index in [4.69, 9.17) is 9.26 Å². The Morgan fingerprint density at radius 1 is 1.24 bits per heavy atom. The minimum Gasteiger partial charge on any atom is -0.377 e. The average Bonchev–Trinajstić information content (AvgIpc) is 3.16. The van der Waals surface area contributed by atoms with Crippen molar-refractivity contribution in [2.24, 2.45) is 5.92 Å². The maximum Gasteiger partial charge on any atom is 0.251 e. The van der Waals surface area contributed by atoms with Crippen LogP contribution in [0.4, 0.5) is 0 Å². The van der Waals surface area contributed by atoms with E-state index in [1.165, 1.54) is 0 Å². The Kier molecular flexibility index (Phi) is 4.73. The summed E-state index contributed by atoms with van der Waals surface area (Å²) in [6.45, 7) is 3.52. The second-order valence-electron chi connectivity index (χ2n) is 7.89. The van der Waals surface area contributed by atoms with Crippen molar-refractivity contribution in [2.75, 3.05) is 20.2 Å². The normalized spacial score (nSPS) is 21.1. The van der Waals surface area contributed by atoms with Gasteiger partial charge in [-0.1, -0.05) is 11.2 Å². The SMILES string of the molecule is COCc1noc(CN2C[C@@H]3C[C@H](C2)c2cc(-c4cccnc4)cc(=O)n2C3)n1. The molecule has 150 valence electrons. The number of hydrogen-bond acceptors (Lipinski definition) is 7. The molecule has 0 spiro atoms. The molecule has 3 aromatic rings. The van der Waals surface area contributed by atoms with Crippen molar-refractivity contribution in [2.45, 2.75) is 32.0 Å². The van der Waals surface area contributed by atoms with Crippen LogP contribution in [0, 0.1) is 5.92 Å². The molecular formula is C21H23N5O3. The molecule has 0 unspecified atom stereocenters. The maximum absolute atomic E-state index is 12.8. The molecule has 2 aliphatic rings. The minimum atomic E-state index is 0.0746. The van der Waals surface area contributed by atoms with Gasteiger partial charge in [0.15, 0.2) is 5.82 Å². The minimum absolute atomic E-state index is 0.0746. The third-order valence-electron chi connectivity index (χ3n) is 5.77. The molecule has 2 aliphatic heterocycles. The van der Waals surface area contributed by atoms with Gasteiger partial charge < -0.3 is 13.8 Å². The topological polar surface area (TPSA) is 86.3 Å². The molecule has 29 heavy (non-hydrogen) atoms. The first-order chi connectivity index (χ1) is 14.2. The number of hydrogen-bond donors (Lipinski definition) is 0. The summed E-state index contributed by atoms with van der Waals surface area (Å²) in [4.78, 5) is 23.7. The lowest BCUT2D eigenvalue weighted by Gasteiger charge is -2.42. The van der Waals surface area contributed by atoms with Crippen LogP contribution >= 0.6 is 0 Å². The third kappa shape index (κ3) is 3.61. The van der Waals surface area contributed by atoms with E-state index in [1.54, 1.807) is 25.6 Å². The number of methoxy groups -OCH3 is 1. The number of nitrogens with zero attached hydrogens (tertiary/aromatic N) is 5. The zero-order valence-corrected chi connectivity index (χ0v) is 16.3. The van der Waals surface area contributed by atoms with Gasteiger partial charge in [0, 0.05) is 62.4 Å². The van der Waals surface area contributed by atoms with Crippen LogP contribution in [0.5, 0.6) is 0 Å². The van der Waals surface area contributed by atoms with E-state index in [2.05, 4.69) is 26.1 Å². The Bertz CT molecular complexity index is 1060. The number of piperidine rings is 1. The van der Waals surface area contributed by atoms with Gasteiger partial charge in [-0.3, -0.25) is 14.7 Å². The van der Waals surface area contributed by atoms with Crippen LogP contribution in [0.3, 0.4) is 0 Å². The Morgan fingerprint density at radius 3 is 3.00 bits per heavy atom. The van der Waals surface area contributed by atoms with Crippen LogP contribution < -0.4 is 5.56 Å². The van der Waals surface area contributed by atoms with Gasteiger partial charge >= 0.3 is 0 Å². The van der Waals surface area contributed by atoms with Gasteiger partial charge in [-0.25, -0.2) is 0 Å². The van der Waals surface area contributed by atoms with Gasteiger partial charge in [0.25, 0.3) is 5.56 Å². The van der Waals surface area contributed by atoms with Crippen molar-refractivity contribution in [3.8, 4) is 11.1 Å². The molecule has 0 aromatic carbocycles. The Balaban J connectivity index is 1.40. The monoisotopic (exact) mass is 393 g/mol. The lowest BCUT2D eigenvalue weighted by Crippen LogP contribution is -2.46. The Hall–Kier alpha value is -2.84. The molecule has 0 aliphatic carbocycles. The van der Waals surface area contributed by atoms with Crippen LogP contribution in [-0.2, 0) is 24.4 Å². The molecule has 8 nitrogen and oxygen atoms in total. The molecule has 0 amide bonds. The van der Waals surface area contributed by atoms with E-state index >= 15 is 0 Å². The van der Waals surface area contributed by atoms with Gasteiger partial charge in [-0.05, 0) is 30.0 Å². The second-order valence-corrected chi connectivity index (χ2v) is 7.89. The first-order valence-electron chi connectivity index (χ1n) is 9.87. The summed E-state index contributed by atoms with van der Waals surface area (Å²) in [6.07, 6.45) is 4.65. The summed E-state index contributed by atoms with van der Waals surface area (Å²) in [6, 6.07) is 7.78. The second kappa shape index (κ2) is 7.53. The van der Waals surface area contributed by atoms with Crippen molar-refractivity contribution in [3.05, 3.63) is 64.4 Å². The Morgan fingerprint density at radius 2 is 2.17 bits per heavy atom. The smallest absolute Gasteiger partial charge is 0.251 e. The zero-order chi connectivity index (χ0) is 19.8. The van der Waals surface area contributed by atoms with Gasteiger partial charge in [0.1, 0.15) is 6.61 Å². The summed E-state index contributed by atoms with van der Waals surface area (Å²) in [7, 11) is 1.61. The van der Waals surface area contributed by atoms with E-state index in [-0.39, 0.29) is 5.56 Å². The average molecular weight is 393 g/mol. The van der Waals surface area contributed by atoms with Gasteiger partial charge in [-0.2, -0.15) is 4.98 Å². The number of aromatic nitrogens is 4. The van der Waals surface area contributed by atoms with Crippen molar-refractivity contribution >= 4 is 0 Å². The summed E-state index contributed by atoms with van der Waals surface area (Å²) in [5.41, 5.74) is 3.10. The highest BCUT2D eigenvalue weighted by molar-refractivity contribution is 5.62. The summed E-state index contributed by atoms with van der Waals surface area (Å²) in [5, 5.41) is 3.95. The molecule has 2 atom stereocenters. The van der Waals surface area contributed by atoms with Crippen molar-refractivity contribution in [1.82, 2.24) is 24.6 Å². The van der Waals surface area contributed by atoms with Crippen molar-refractivity contribution in [3.63, 3.8) is 0 Å². The van der Waals surface area contributed by atoms with Gasteiger partial charge in [0.05, 0.1) is 6.54 Å². The van der Waals surface area contributed by atoms with Crippen LogP contribution in [0.2, 0.25) is 0 Å². The molecular weight excluding hydrogens is 370 g/mol. The first-order valence-corrected chi connectivity index (χ1v) is 9.87. The largest absolute Gasteiger partial charge is 0.377 e. The highest BCUT2D eigenvalue weighted by Crippen LogP contribution is 2.36. The van der Waals surface area contributed by atoms with Gasteiger partial charge in [-0.15, -0.1) is 0 Å². The predicted octanol–water partition coefficient (Wildman–Crippen LogP) is 2.06. The highest BCUT2D eigenvalue weighted by atomic mass is 16.5. The molecule has 5 rings (SSSR count). The van der Waals surface area contributed by atoms with E-state index in [0.29, 0.717) is 36.7 Å². The van der Waals surface area contributed by atoms with E-state index in [0.717, 1.165) is 42.9 Å². The molecule has 5 heterocycles. The lowest BCUT2D eigenvalue weighted by atomic mass is 9.82. The molecule has 1 saturated heterocycles. The third-order valence-corrected chi connectivity index (χ3v) is 5.77. The van der Waals surface area contributed by atoms with Crippen LogP contribution in [0.15, 0.2) is 46.0 Å². The number of fused-ring (bicyclic) bond motifs is 4. The fourth-order valence-electron chi connectivity index (χ4n) is 4.62. The van der Waals surface area contributed by atoms with Crippen molar-refractivity contribution in [1.29, 1.82) is 0 Å². The fourth-order valence-corrected chi connectivity index (χ4v) is 4.62. The quantitative estimate of drug-likeness (QED) is 0.656. The molecule has 8 heteroatoms. The number of likely N-dealkylation sites (tertiary alicyclic amines) is 1. The fraction of sp³-hybridized carbons (Fsp3) is 0.429. The summed E-state index contributed by atoms with van der Waals surface area (Å²) >= 11 is 0. The van der Waals surface area contributed by atoms with E-state index in [1.807, 2.05) is 16.7 Å². The summed E-state index contributed by atoms with van der Waals surface area (Å²) < 4.78 is 12.4. The molecule has 0 saturated carbocycles. The highest BCUT2D eigenvalue weighted by Gasteiger charge is 2.35. The number of pyridine rings is 2. The van der Waals surface area contributed by atoms with Crippen LogP contribution in [-0.4, -0.2) is 44.8 Å². The zero-order valence-electron chi connectivity index (χ0n) is 16.3. The van der Waals surface area contributed by atoms with Crippen LogP contribution in [0.25, 0.3) is 11.1 Å². The molecule has 0 N–H and O–H groups in total. The number of rotatable bonds is 5. The van der Waals surface area contributed by atoms with E-state index in [9.17, 15) is 4.79 Å². The van der Waals surface area contributed by atoms with E-state index < -0.39 is 0 Å². The van der Waals surface area contributed by atoms with Crippen molar-refractivity contribution < 1.29 is 9.26 Å². The standard InChI is InChI=1S/C21H23N5O3/c1-28-13-19-23-20(29-24-19)12-25-9-14-5-17(11-25)18-6-16(7-21(27)26(18)10-14)15-3-2-4-22-8-15/h2-4,6-8,14,17H,5,9-13H2,1H3/t14-,17+/m0/s1. The van der Waals surface area contributed by atoms with Crippen LogP contribution in [0.1, 0.15) is 29.7 Å². The lowest BCUT2D eigenvalue weighted by molar-refractivity contribution is 0.104. The summed E-state index contributed by atoms with van der Waals surface area (Å²) in [5.74, 6) is 1.94. The first kappa shape index (κ1) is 18.2. The Labute approximate surface area is 168 Å². The number of ether oxygens (including phenoxy) is 1. The molecule has 1 fully saturated rings. The molecule has 2 bridgehead atoms. The maximum atomic E-state index is 12.8. The predicted molar refractivity (Wildman–Crippen MR) is 105 cm³/mol. The molecule has 3 aromatic heterocycles. The van der Waals surface area contributed by atoms with Gasteiger partial charge in [0.2, 0.25) is 5.89 Å².